The molecule has 5 rings (SSSR count). The van der Waals surface area contributed by atoms with Gasteiger partial charge in [0, 0.05) is 23.0 Å². The summed E-state index contributed by atoms with van der Waals surface area (Å²) in [4.78, 5) is 15.8. The van der Waals surface area contributed by atoms with Crippen LogP contribution in [0.5, 0.6) is 5.88 Å². The van der Waals surface area contributed by atoms with Crippen molar-refractivity contribution in [3.05, 3.63) is 59.2 Å². The molecule has 3 aromatic rings. The zero-order chi connectivity index (χ0) is 21.2. The van der Waals surface area contributed by atoms with E-state index in [1.165, 1.54) is 19.3 Å². The maximum atomic E-state index is 10.7. The highest BCUT2D eigenvalue weighted by Gasteiger charge is 2.29. The number of piperidine rings is 1. The summed E-state index contributed by atoms with van der Waals surface area (Å²) >= 11 is 0. The van der Waals surface area contributed by atoms with Gasteiger partial charge in [-0.1, -0.05) is 29.8 Å². The normalized spacial score (nSPS) is 17.5. The van der Waals surface area contributed by atoms with Gasteiger partial charge in [0.1, 0.15) is 18.0 Å². The maximum absolute atomic E-state index is 10.7. The van der Waals surface area contributed by atoms with E-state index in [0.29, 0.717) is 29.2 Å². The molecule has 7 nitrogen and oxygen atoms in total. The third kappa shape index (κ3) is 3.66. The van der Waals surface area contributed by atoms with E-state index in [2.05, 4.69) is 21.1 Å². The van der Waals surface area contributed by atoms with Gasteiger partial charge in [-0.05, 0) is 50.2 Å². The summed E-state index contributed by atoms with van der Waals surface area (Å²) in [6.07, 6.45) is 3.78. The Morgan fingerprint density at radius 2 is 2.00 bits per heavy atom. The number of H-pyrrole nitrogens is 1. The van der Waals surface area contributed by atoms with Crippen molar-refractivity contribution >= 4 is 28.0 Å². The Kier molecular flexibility index (Phi) is 5.14. The molecule has 1 fully saturated rings. The van der Waals surface area contributed by atoms with E-state index in [-0.39, 0.29) is 5.88 Å². The zero-order valence-electron chi connectivity index (χ0n) is 17.1. The lowest BCUT2D eigenvalue weighted by Crippen LogP contribution is -2.32. The minimum Gasteiger partial charge on any atom is -0.494 e. The van der Waals surface area contributed by atoms with Crippen molar-refractivity contribution in [2.24, 2.45) is 10.1 Å². The number of nitrogens with zero attached hydrogens (tertiary/aromatic N) is 4. The molecular formula is C24H23N5O2. The monoisotopic (exact) mass is 413 g/mol. The predicted octanol–water partition coefficient (Wildman–Crippen LogP) is 4.09. The fourth-order valence-corrected chi connectivity index (χ4v) is 4.29. The summed E-state index contributed by atoms with van der Waals surface area (Å²) in [6.45, 7) is 3.56. The van der Waals surface area contributed by atoms with E-state index in [1.54, 1.807) is 18.2 Å². The van der Waals surface area contributed by atoms with Gasteiger partial charge in [0.05, 0.1) is 22.9 Å². The molecule has 156 valence electrons. The van der Waals surface area contributed by atoms with Crippen LogP contribution < -0.4 is 0 Å². The predicted molar refractivity (Wildman–Crippen MR) is 120 cm³/mol. The molecule has 0 amide bonds. The first-order chi connectivity index (χ1) is 15.2. The lowest BCUT2D eigenvalue weighted by Gasteiger charge is -2.25. The highest BCUT2D eigenvalue weighted by atomic mass is 16.6. The minimum absolute atomic E-state index is 0.00216. The number of para-hydroxylation sites is 1. The third-order valence-corrected chi connectivity index (χ3v) is 5.86. The number of benzene rings is 2. The average Bonchev–Trinajstić information content (AvgIpc) is 3.33. The molecule has 2 aliphatic heterocycles. The summed E-state index contributed by atoms with van der Waals surface area (Å²) in [5.41, 5.74) is 4.55. The Bertz CT molecular complexity index is 1230. The largest absolute Gasteiger partial charge is 0.494 e. The first-order valence-electron chi connectivity index (χ1n) is 10.6. The van der Waals surface area contributed by atoms with Crippen LogP contribution in [-0.4, -0.2) is 52.7 Å². The topological polar surface area (TPSA) is 97.0 Å². The van der Waals surface area contributed by atoms with Gasteiger partial charge < -0.3 is 14.9 Å². The smallest absolute Gasteiger partial charge is 0.199 e. The molecule has 2 aliphatic rings. The molecule has 0 unspecified atom stereocenters. The van der Waals surface area contributed by atoms with Crippen molar-refractivity contribution in [1.29, 1.82) is 5.26 Å². The van der Waals surface area contributed by atoms with Crippen molar-refractivity contribution in [3.8, 4) is 11.9 Å². The molecule has 7 heteroatoms. The first-order valence-corrected chi connectivity index (χ1v) is 10.6. The van der Waals surface area contributed by atoms with Crippen molar-refractivity contribution < 1.29 is 9.94 Å². The second kappa shape index (κ2) is 8.25. The Labute approximate surface area is 180 Å². The second-order valence-electron chi connectivity index (χ2n) is 7.87. The van der Waals surface area contributed by atoms with Crippen molar-refractivity contribution in [2.75, 3.05) is 26.2 Å². The SMILES string of the molecule is N#Cc1ccc2[nH]c(O)c(C3=Nc4ccccc4/C3=N\OCCN3CCCCC3)c2c1. The van der Waals surface area contributed by atoms with Crippen molar-refractivity contribution in [1.82, 2.24) is 9.88 Å². The molecule has 0 radical (unpaired) electrons. The van der Waals surface area contributed by atoms with Crippen LogP contribution in [0.1, 0.15) is 36.0 Å². The molecule has 2 N–H and O–H groups in total. The number of aromatic nitrogens is 1. The van der Waals surface area contributed by atoms with E-state index < -0.39 is 0 Å². The molecule has 0 saturated carbocycles. The van der Waals surface area contributed by atoms with Crippen LogP contribution in [0.3, 0.4) is 0 Å². The lowest BCUT2D eigenvalue weighted by molar-refractivity contribution is 0.103. The number of aromatic hydroxyl groups is 1. The highest BCUT2D eigenvalue weighted by molar-refractivity contribution is 6.58. The van der Waals surface area contributed by atoms with Gasteiger partial charge in [0.2, 0.25) is 0 Å². The van der Waals surface area contributed by atoms with Gasteiger partial charge in [0.25, 0.3) is 0 Å². The van der Waals surface area contributed by atoms with Crippen molar-refractivity contribution in [2.45, 2.75) is 19.3 Å². The Balaban J connectivity index is 1.48. The number of oxime groups is 1. The molecule has 0 aliphatic carbocycles. The van der Waals surface area contributed by atoms with E-state index in [4.69, 9.17) is 9.83 Å². The fourth-order valence-electron chi connectivity index (χ4n) is 4.29. The minimum atomic E-state index is -0.00216. The fraction of sp³-hybridized carbons (Fsp3) is 0.292. The van der Waals surface area contributed by atoms with Gasteiger partial charge in [0.15, 0.2) is 5.88 Å². The second-order valence-corrected chi connectivity index (χ2v) is 7.87. The van der Waals surface area contributed by atoms with Crippen LogP contribution in [0.25, 0.3) is 10.9 Å². The number of hydrogen-bond donors (Lipinski definition) is 2. The Morgan fingerprint density at radius 1 is 1.16 bits per heavy atom. The summed E-state index contributed by atoms with van der Waals surface area (Å²) in [5.74, 6) is -0.00216. The number of hydrogen-bond acceptors (Lipinski definition) is 6. The molecule has 0 bridgehead atoms. The lowest BCUT2D eigenvalue weighted by atomic mass is 10.0. The number of rotatable bonds is 5. The highest BCUT2D eigenvalue weighted by Crippen LogP contribution is 2.36. The molecule has 3 heterocycles. The van der Waals surface area contributed by atoms with Gasteiger partial charge in [-0.2, -0.15) is 5.26 Å². The Morgan fingerprint density at radius 3 is 2.84 bits per heavy atom. The average molecular weight is 413 g/mol. The number of likely N-dealkylation sites (tertiary alicyclic amines) is 1. The van der Waals surface area contributed by atoms with E-state index in [1.807, 2.05) is 24.3 Å². The first kappa shape index (κ1) is 19.3. The van der Waals surface area contributed by atoms with Crippen LogP contribution in [0.4, 0.5) is 5.69 Å². The van der Waals surface area contributed by atoms with Crippen LogP contribution in [0, 0.1) is 11.3 Å². The zero-order valence-corrected chi connectivity index (χ0v) is 17.1. The molecule has 1 aromatic heterocycles. The molecule has 0 spiro atoms. The quantitative estimate of drug-likeness (QED) is 0.486. The number of aliphatic imine (C=N–C) groups is 1. The van der Waals surface area contributed by atoms with Gasteiger partial charge in [-0.15, -0.1) is 0 Å². The number of nitrogens with one attached hydrogen (secondary N) is 1. The van der Waals surface area contributed by atoms with Gasteiger partial charge >= 0.3 is 0 Å². The summed E-state index contributed by atoms with van der Waals surface area (Å²) in [6, 6.07) is 15.1. The summed E-state index contributed by atoms with van der Waals surface area (Å²) in [7, 11) is 0. The Hall–Kier alpha value is -3.63. The van der Waals surface area contributed by atoms with Gasteiger partial charge in [-0.25, -0.2) is 4.99 Å². The van der Waals surface area contributed by atoms with Gasteiger partial charge in [-0.3, -0.25) is 4.90 Å². The van der Waals surface area contributed by atoms with E-state index in [9.17, 15) is 10.4 Å². The van der Waals surface area contributed by atoms with Crippen molar-refractivity contribution in [3.63, 3.8) is 0 Å². The number of nitriles is 1. The van der Waals surface area contributed by atoms with E-state index in [0.717, 1.165) is 41.8 Å². The third-order valence-electron chi connectivity index (χ3n) is 5.86. The standard InChI is InChI=1S/C24H23N5O2/c25-15-16-8-9-20-18(14-16)21(24(30)27-20)23-22(17-6-2-3-7-19(17)26-23)28-31-13-12-29-10-4-1-5-11-29/h2-3,6-9,14,27,30H,1,4-5,10-13H2/b28-22+. The summed E-state index contributed by atoms with van der Waals surface area (Å²) < 4.78 is 0. The molecule has 31 heavy (non-hydrogen) atoms. The molecule has 0 atom stereocenters. The number of fused-ring (bicyclic) bond motifs is 2. The number of aromatic amines is 1. The summed E-state index contributed by atoms with van der Waals surface area (Å²) in [5, 5.41) is 25.2. The molecular weight excluding hydrogens is 390 g/mol. The van der Waals surface area contributed by atoms with Crippen LogP contribution in [-0.2, 0) is 4.84 Å². The van der Waals surface area contributed by atoms with E-state index >= 15 is 0 Å². The molecule has 2 aromatic carbocycles. The van der Waals surface area contributed by atoms with Crippen LogP contribution in [0.15, 0.2) is 52.6 Å². The van der Waals surface area contributed by atoms with Crippen LogP contribution in [0.2, 0.25) is 0 Å². The van der Waals surface area contributed by atoms with Crippen LogP contribution >= 0.6 is 0 Å². The molecule has 1 saturated heterocycles. The maximum Gasteiger partial charge on any atom is 0.199 e.